The van der Waals surface area contributed by atoms with Gasteiger partial charge in [-0.15, -0.1) is 0 Å². The number of rotatable bonds is 0. The molecule has 0 N–H and O–H groups in total. The molecule has 0 aromatic rings. The molecule has 0 aromatic carbocycles. The molecule has 0 saturated carbocycles. The van der Waals surface area contributed by atoms with E-state index in [1.165, 1.54) is 0 Å². The SMILES string of the molecule is O=[P].[O]=[Ti]=[O]. The van der Waals surface area contributed by atoms with Gasteiger partial charge in [0, 0.05) is 0 Å². The van der Waals surface area contributed by atoms with E-state index in [0.717, 1.165) is 0 Å². The van der Waals surface area contributed by atoms with E-state index in [9.17, 15) is 0 Å². The van der Waals surface area contributed by atoms with Gasteiger partial charge >= 0.3 is 25.7 Å². The average molecular weight is 127 g/mol. The van der Waals surface area contributed by atoms with Crippen LogP contribution < -0.4 is 0 Å². The molecular formula is O3PTi. The van der Waals surface area contributed by atoms with Crippen LogP contribution in [0.5, 0.6) is 0 Å². The van der Waals surface area contributed by atoms with Gasteiger partial charge in [-0.25, -0.2) is 0 Å². The second kappa shape index (κ2) is 25.7. The second-order valence-electron chi connectivity index (χ2n) is 0.0833. The maximum absolute atomic E-state index is 8.50. The van der Waals surface area contributed by atoms with E-state index >= 15 is 0 Å². The summed E-state index contributed by atoms with van der Waals surface area (Å²) in [6, 6.07) is 0. The van der Waals surface area contributed by atoms with E-state index in [-0.39, 0.29) is 0 Å². The Morgan fingerprint density at radius 3 is 1.20 bits per heavy atom. The Kier molecular flexibility index (Phi) is 46.6. The Balaban J connectivity index is 0. The third-order valence-electron chi connectivity index (χ3n) is 0. The van der Waals surface area contributed by atoms with E-state index in [1.807, 2.05) is 0 Å². The Labute approximate surface area is 39.9 Å². The molecule has 0 saturated heterocycles. The number of hydrogen-bond acceptors (Lipinski definition) is 3. The molecule has 0 amide bonds. The van der Waals surface area contributed by atoms with Crippen LogP contribution in [-0.4, -0.2) is 0 Å². The molecule has 0 atom stereocenters. The van der Waals surface area contributed by atoms with Crippen LogP contribution in [-0.2, 0) is 30.3 Å². The van der Waals surface area contributed by atoms with Crippen molar-refractivity contribution in [2.75, 3.05) is 0 Å². The van der Waals surface area contributed by atoms with Crippen LogP contribution in [0, 0.1) is 0 Å². The monoisotopic (exact) mass is 127 g/mol. The van der Waals surface area contributed by atoms with Gasteiger partial charge < -0.3 is 0 Å². The Morgan fingerprint density at radius 2 is 1.20 bits per heavy atom. The van der Waals surface area contributed by atoms with Gasteiger partial charge in [0.25, 0.3) is 9.12 Å². The zero-order valence-electron chi connectivity index (χ0n) is 2.17. The first-order valence-corrected chi connectivity index (χ1v) is 2.23. The first kappa shape index (κ1) is 9.05. The first-order chi connectivity index (χ1) is 2.41. The zero-order chi connectivity index (χ0) is 4.71. The van der Waals surface area contributed by atoms with E-state index in [0.29, 0.717) is 0 Å². The van der Waals surface area contributed by atoms with Crippen molar-refractivity contribution in [1.82, 2.24) is 0 Å². The van der Waals surface area contributed by atoms with Gasteiger partial charge in [0.1, 0.15) is 0 Å². The van der Waals surface area contributed by atoms with Gasteiger partial charge in [-0.3, -0.25) is 4.57 Å². The Bertz CT molecular complexity index is 36.2. The summed E-state index contributed by atoms with van der Waals surface area (Å²) in [4.78, 5) is 0. The van der Waals surface area contributed by atoms with Gasteiger partial charge in [-0.1, -0.05) is 0 Å². The summed E-state index contributed by atoms with van der Waals surface area (Å²) in [5, 5.41) is 0. The molecule has 0 rings (SSSR count). The van der Waals surface area contributed by atoms with Gasteiger partial charge in [0.2, 0.25) is 0 Å². The van der Waals surface area contributed by atoms with Crippen molar-refractivity contribution in [3.05, 3.63) is 0 Å². The van der Waals surface area contributed by atoms with Gasteiger partial charge in [0.15, 0.2) is 0 Å². The fourth-order valence-corrected chi connectivity index (χ4v) is 0. The van der Waals surface area contributed by atoms with E-state index in [1.54, 1.807) is 0 Å². The Hall–Kier alpha value is 0.414. The summed E-state index contributed by atoms with van der Waals surface area (Å²) in [6.07, 6.45) is 0. The number of hydrogen-bond donors (Lipinski definition) is 0. The second-order valence-corrected chi connectivity index (χ2v) is 0.344. The van der Waals surface area contributed by atoms with Crippen LogP contribution in [0.4, 0.5) is 0 Å². The van der Waals surface area contributed by atoms with Crippen molar-refractivity contribution in [2.24, 2.45) is 0 Å². The summed E-state index contributed by atoms with van der Waals surface area (Å²) >= 11 is -2.00. The molecule has 0 aliphatic carbocycles. The van der Waals surface area contributed by atoms with Crippen LogP contribution in [0.3, 0.4) is 0 Å². The molecule has 0 heterocycles. The molecule has 0 bridgehead atoms. The van der Waals surface area contributed by atoms with Crippen LogP contribution >= 0.6 is 9.12 Å². The van der Waals surface area contributed by atoms with Crippen molar-refractivity contribution in [3.63, 3.8) is 0 Å². The molecule has 27 valence electrons. The van der Waals surface area contributed by atoms with Gasteiger partial charge in [-0.2, -0.15) is 0 Å². The third kappa shape index (κ3) is 150. The first-order valence-electron chi connectivity index (χ1n) is 0.591. The van der Waals surface area contributed by atoms with E-state index < -0.39 is 19.1 Å². The topological polar surface area (TPSA) is 51.2 Å². The van der Waals surface area contributed by atoms with Crippen molar-refractivity contribution < 1.29 is 30.3 Å². The summed E-state index contributed by atoms with van der Waals surface area (Å²) < 4.78 is 24.9. The molecular weight excluding hydrogens is 127 g/mol. The van der Waals surface area contributed by atoms with Gasteiger partial charge in [0.05, 0.1) is 0 Å². The molecule has 5 heavy (non-hydrogen) atoms. The summed E-state index contributed by atoms with van der Waals surface area (Å²) in [5.41, 5.74) is 0. The maximum atomic E-state index is 8.50. The molecule has 1 radical (unpaired) electrons. The normalized spacial score (nSPS) is 2.40. The van der Waals surface area contributed by atoms with Crippen molar-refractivity contribution in [2.45, 2.75) is 0 Å². The molecule has 0 fully saturated rings. The van der Waals surface area contributed by atoms with Crippen LogP contribution in [0.15, 0.2) is 0 Å². The van der Waals surface area contributed by atoms with Crippen LogP contribution in [0.2, 0.25) is 0 Å². The predicted octanol–water partition coefficient (Wildman–Crippen LogP) is 0.502. The van der Waals surface area contributed by atoms with Crippen LogP contribution in [0.1, 0.15) is 0 Å². The summed E-state index contributed by atoms with van der Waals surface area (Å²) in [6.45, 7) is 0. The van der Waals surface area contributed by atoms with Crippen molar-refractivity contribution >= 4 is 9.12 Å². The molecule has 0 aliphatic rings. The summed E-state index contributed by atoms with van der Waals surface area (Å²) in [5.74, 6) is 0. The molecule has 3 nitrogen and oxygen atoms in total. The summed E-state index contributed by atoms with van der Waals surface area (Å²) in [7, 11) is 2.28. The molecule has 0 aliphatic heterocycles. The molecule has 5 heteroatoms. The molecule has 0 aromatic heterocycles. The average Bonchev–Trinajstić information content (AvgIpc) is 1.46. The minimum atomic E-state index is -2.00. The predicted molar refractivity (Wildman–Crippen MR) is 8.98 cm³/mol. The quantitative estimate of drug-likeness (QED) is 0.351. The molecule has 0 unspecified atom stereocenters. The van der Waals surface area contributed by atoms with E-state index in [4.69, 9.17) is 11.2 Å². The van der Waals surface area contributed by atoms with Crippen LogP contribution in [0.25, 0.3) is 0 Å². The minimum absolute atomic E-state index is 2.00. The van der Waals surface area contributed by atoms with E-state index in [2.05, 4.69) is 9.12 Å². The van der Waals surface area contributed by atoms with Gasteiger partial charge in [-0.05, 0) is 0 Å². The fraction of sp³-hybridized carbons (Fsp3) is 0. The molecule has 0 spiro atoms. The standard InChI is InChI=1S/OP.2O.Ti/c1-2;;;. The third-order valence-corrected chi connectivity index (χ3v) is 0. The van der Waals surface area contributed by atoms with Crippen molar-refractivity contribution in [1.29, 1.82) is 0 Å². The Morgan fingerprint density at radius 1 is 1.20 bits per heavy atom. The zero-order valence-corrected chi connectivity index (χ0v) is 4.63. The van der Waals surface area contributed by atoms with Crippen molar-refractivity contribution in [3.8, 4) is 0 Å². The fourth-order valence-electron chi connectivity index (χ4n) is 0.